The zero-order valence-corrected chi connectivity index (χ0v) is 9.55. The van der Waals surface area contributed by atoms with Gasteiger partial charge in [0.15, 0.2) is 0 Å². The minimum absolute atomic E-state index is 0.608. The van der Waals surface area contributed by atoms with Gasteiger partial charge in [0.1, 0.15) is 0 Å². The largest absolute Gasteiger partial charge is 0.330 e. The van der Waals surface area contributed by atoms with Gasteiger partial charge in [-0.25, -0.2) is 0 Å². The van der Waals surface area contributed by atoms with Gasteiger partial charge in [-0.15, -0.1) is 11.3 Å². The topological polar surface area (TPSA) is 43.1 Å². The molecule has 0 spiro atoms. The molecular formula is C8H12ClNOS2. The minimum Gasteiger partial charge on any atom is -0.330 e. The molecule has 1 unspecified atom stereocenters. The molecule has 74 valence electrons. The molecule has 1 rings (SSSR count). The third-order valence-electron chi connectivity index (χ3n) is 1.51. The normalized spacial score (nSPS) is 13.1. The lowest BCUT2D eigenvalue weighted by Crippen LogP contribution is -2.06. The van der Waals surface area contributed by atoms with Gasteiger partial charge in [-0.05, 0) is 25.1 Å². The SMILES string of the molecule is NCCCS(=O)Cc1ccc(Cl)s1. The van der Waals surface area contributed by atoms with Crippen LogP contribution in [0.2, 0.25) is 4.34 Å². The maximum atomic E-state index is 11.4. The summed E-state index contributed by atoms with van der Waals surface area (Å²) >= 11 is 7.24. The average Bonchev–Trinajstić information content (AvgIpc) is 2.48. The van der Waals surface area contributed by atoms with Crippen molar-refractivity contribution in [3.8, 4) is 0 Å². The molecular weight excluding hydrogens is 226 g/mol. The molecule has 1 atom stereocenters. The van der Waals surface area contributed by atoms with Gasteiger partial charge in [0.05, 0.1) is 10.1 Å². The van der Waals surface area contributed by atoms with Crippen LogP contribution in [0.25, 0.3) is 0 Å². The van der Waals surface area contributed by atoms with Crippen LogP contribution in [0.3, 0.4) is 0 Å². The van der Waals surface area contributed by atoms with Gasteiger partial charge in [0.25, 0.3) is 0 Å². The van der Waals surface area contributed by atoms with Crippen LogP contribution in [-0.4, -0.2) is 16.5 Å². The van der Waals surface area contributed by atoms with E-state index in [9.17, 15) is 4.21 Å². The van der Waals surface area contributed by atoms with Gasteiger partial charge >= 0.3 is 0 Å². The summed E-state index contributed by atoms with van der Waals surface area (Å²) in [5.41, 5.74) is 5.32. The summed E-state index contributed by atoms with van der Waals surface area (Å²) < 4.78 is 12.2. The Balaban J connectivity index is 2.36. The Morgan fingerprint density at radius 3 is 2.85 bits per heavy atom. The quantitative estimate of drug-likeness (QED) is 0.851. The van der Waals surface area contributed by atoms with E-state index in [0.29, 0.717) is 18.1 Å². The summed E-state index contributed by atoms with van der Waals surface area (Å²) in [6, 6.07) is 3.76. The third kappa shape index (κ3) is 4.22. The fourth-order valence-corrected chi connectivity index (χ4v) is 3.46. The molecule has 0 saturated heterocycles. The highest BCUT2D eigenvalue weighted by Crippen LogP contribution is 2.22. The highest BCUT2D eigenvalue weighted by Gasteiger charge is 2.03. The van der Waals surface area contributed by atoms with Crippen LogP contribution >= 0.6 is 22.9 Å². The first-order valence-corrected chi connectivity index (χ1v) is 6.70. The molecule has 0 bridgehead atoms. The molecule has 1 heterocycles. The Kier molecular flexibility index (Phi) is 4.94. The van der Waals surface area contributed by atoms with Crippen molar-refractivity contribution in [1.29, 1.82) is 0 Å². The highest BCUT2D eigenvalue weighted by molar-refractivity contribution is 7.84. The lowest BCUT2D eigenvalue weighted by molar-refractivity contribution is 0.680. The molecule has 5 heteroatoms. The van der Waals surface area contributed by atoms with Crippen molar-refractivity contribution in [2.24, 2.45) is 5.73 Å². The van der Waals surface area contributed by atoms with Gasteiger partial charge < -0.3 is 5.73 Å². The third-order valence-corrected chi connectivity index (χ3v) is 4.30. The van der Waals surface area contributed by atoms with E-state index in [1.165, 1.54) is 11.3 Å². The highest BCUT2D eigenvalue weighted by atomic mass is 35.5. The van der Waals surface area contributed by atoms with E-state index in [1.54, 1.807) is 0 Å². The monoisotopic (exact) mass is 237 g/mol. The molecule has 1 aromatic rings. The van der Waals surface area contributed by atoms with Crippen LogP contribution in [-0.2, 0) is 16.6 Å². The van der Waals surface area contributed by atoms with Crippen LogP contribution in [0, 0.1) is 0 Å². The van der Waals surface area contributed by atoms with Crippen molar-refractivity contribution in [2.45, 2.75) is 12.2 Å². The molecule has 0 saturated carbocycles. The summed E-state index contributed by atoms with van der Waals surface area (Å²) in [6.07, 6.45) is 0.825. The molecule has 0 aliphatic heterocycles. The van der Waals surface area contributed by atoms with E-state index in [2.05, 4.69) is 0 Å². The van der Waals surface area contributed by atoms with E-state index in [-0.39, 0.29) is 0 Å². The fraction of sp³-hybridized carbons (Fsp3) is 0.500. The second kappa shape index (κ2) is 5.75. The predicted molar refractivity (Wildman–Crippen MR) is 59.7 cm³/mol. The summed E-state index contributed by atoms with van der Waals surface area (Å²) in [4.78, 5) is 1.08. The molecule has 0 aliphatic rings. The zero-order valence-electron chi connectivity index (χ0n) is 7.16. The van der Waals surface area contributed by atoms with E-state index in [1.807, 2.05) is 12.1 Å². The fourth-order valence-electron chi connectivity index (χ4n) is 0.904. The van der Waals surface area contributed by atoms with Gasteiger partial charge in [0.2, 0.25) is 0 Å². The van der Waals surface area contributed by atoms with Crippen molar-refractivity contribution in [3.05, 3.63) is 21.3 Å². The minimum atomic E-state index is -0.786. The Morgan fingerprint density at radius 2 is 2.31 bits per heavy atom. The smallest absolute Gasteiger partial charge is 0.0931 e. The average molecular weight is 238 g/mol. The van der Waals surface area contributed by atoms with E-state index < -0.39 is 10.8 Å². The van der Waals surface area contributed by atoms with E-state index in [4.69, 9.17) is 17.3 Å². The second-order valence-electron chi connectivity index (χ2n) is 2.64. The maximum Gasteiger partial charge on any atom is 0.0931 e. The molecule has 0 aromatic carbocycles. The van der Waals surface area contributed by atoms with Gasteiger partial charge in [-0.2, -0.15) is 0 Å². The number of rotatable bonds is 5. The van der Waals surface area contributed by atoms with E-state index in [0.717, 1.165) is 15.6 Å². The van der Waals surface area contributed by atoms with Crippen molar-refractivity contribution in [2.75, 3.05) is 12.3 Å². The maximum absolute atomic E-state index is 11.4. The number of nitrogens with two attached hydrogens (primary N) is 1. The van der Waals surface area contributed by atoms with Gasteiger partial charge in [0, 0.05) is 21.4 Å². The molecule has 0 radical (unpaired) electrons. The van der Waals surface area contributed by atoms with Crippen LogP contribution in [0.15, 0.2) is 12.1 Å². The van der Waals surface area contributed by atoms with Crippen LogP contribution < -0.4 is 5.73 Å². The van der Waals surface area contributed by atoms with Crippen molar-refractivity contribution < 1.29 is 4.21 Å². The van der Waals surface area contributed by atoms with Crippen molar-refractivity contribution in [3.63, 3.8) is 0 Å². The zero-order chi connectivity index (χ0) is 9.68. The van der Waals surface area contributed by atoms with Gasteiger partial charge in [-0.3, -0.25) is 4.21 Å². The first-order valence-electron chi connectivity index (χ1n) is 4.01. The molecule has 1 aromatic heterocycles. The van der Waals surface area contributed by atoms with E-state index >= 15 is 0 Å². The van der Waals surface area contributed by atoms with Crippen LogP contribution in [0.4, 0.5) is 0 Å². The van der Waals surface area contributed by atoms with Crippen molar-refractivity contribution in [1.82, 2.24) is 0 Å². The molecule has 2 nitrogen and oxygen atoms in total. The Labute approximate surface area is 89.5 Å². The lowest BCUT2D eigenvalue weighted by atomic mass is 10.5. The number of hydrogen-bond donors (Lipinski definition) is 1. The Hall–Kier alpha value is 0.1000. The number of thiophene rings is 1. The lowest BCUT2D eigenvalue weighted by Gasteiger charge is -1.97. The second-order valence-corrected chi connectivity index (χ2v) is 6.01. The first kappa shape index (κ1) is 11.2. The summed E-state index contributed by atoms with van der Waals surface area (Å²) in [5.74, 6) is 1.30. The van der Waals surface area contributed by atoms with Crippen LogP contribution in [0.5, 0.6) is 0 Å². The summed E-state index contributed by atoms with van der Waals surface area (Å²) in [6.45, 7) is 0.608. The van der Waals surface area contributed by atoms with Gasteiger partial charge in [-0.1, -0.05) is 11.6 Å². The molecule has 2 N–H and O–H groups in total. The molecule has 0 fully saturated rings. The predicted octanol–water partition coefficient (Wildman–Crippen LogP) is 2.00. The van der Waals surface area contributed by atoms with Crippen molar-refractivity contribution >= 4 is 33.7 Å². The Bertz CT molecular complexity index is 287. The number of halogens is 1. The van der Waals surface area contributed by atoms with Crippen LogP contribution in [0.1, 0.15) is 11.3 Å². The first-order chi connectivity index (χ1) is 6.22. The number of hydrogen-bond acceptors (Lipinski definition) is 3. The summed E-state index contributed by atoms with van der Waals surface area (Å²) in [7, 11) is -0.786. The summed E-state index contributed by atoms with van der Waals surface area (Å²) in [5, 5.41) is 0. The molecule has 13 heavy (non-hydrogen) atoms. The Morgan fingerprint density at radius 1 is 1.54 bits per heavy atom. The standard InChI is InChI=1S/C8H12ClNOS2/c9-8-3-2-7(12-8)6-13(11)5-1-4-10/h2-3H,1,4-6,10H2. The molecule has 0 aliphatic carbocycles. The molecule has 0 amide bonds.